The van der Waals surface area contributed by atoms with Gasteiger partial charge in [-0.3, -0.25) is 4.79 Å². The number of carbonyl (C=O) groups excluding carboxylic acids is 2. The van der Waals surface area contributed by atoms with Crippen LogP contribution in [0.3, 0.4) is 0 Å². The molecule has 0 heterocycles. The number of hydrogen-bond acceptors (Lipinski definition) is 4. The molecule has 0 bridgehead atoms. The largest absolute Gasteiger partial charge is 0.507 e. The minimum atomic E-state index is -0.492. The van der Waals surface area contributed by atoms with Gasteiger partial charge in [0, 0.05) is 18.5 Å². The number of ether oxygens (including phenoxy) is 1. The highest BCUT2D eigenvalue weighted by atomic mass is 16.5. The molecular formula is C20H19NO4. The number of ketones is 1. The van der Waals surface area contributed by atoms with Gasteiger partial charge in [0.2, 0.25) is 0 Å². The molecule has 5 nitrogen and oxygen atoms in total. The Hall–Kier alpha value is -3.26. The molecule has 0 aliphatic heterocycles. The molecule has 2 N–H and O–H groups in total. The van der Waals surface area contributed by atoms with Crippen LogP contribution in [0.25, 0.3) is 0 Å². The van der Waals surface area contributed by atoms with Crippen LogP contribution in [0.5, 0.6) is 5.75 Å². The lowest BCUT2D eigenvalue weighted by atomic mass is 10.1. The van der Waals surface area contributed by atoms with E-state index in [1.165, 1.54) is 13.0 Å². The molecule has 0 aromatic heterocycles. The maximum Gasteiger partial charge on any atom is 0.407 e. The molecule has 0 aliphatic carbocycles. The fraction of sp³-hybridized carbons (Fsp3) is 0.200. The quantitative estimate of drug-likeness (QED) is 0.499. The number of aromatic hydroxyl groups is 1. The lowest BCUT2D eigenvalue weighted by molar-refractivity contribution is 0.101. The van der Waals surface area contributed by atoms with E-state index in [1.807, 2.05) is 30.3 Å². The zero-order valence-corrected chi connectivity index (χ0v) is 13.9. The Bertz CT molecular complexity index is 803. The average Bonchev–Trinajstić information content (AvgIpc) is 2.60. The first-order valence-corrected chi connectivity index (χ1v) is 7.83. The lowest BCUT2D eigenvalue weighted by Gasteiger charge is -2.05. The Balaban J connectivity index is 1.72. The van der Waals surface area contributed by atoms with Crippen LogP contribution in [0.4, 0.5) is 4.79 Å². The van der Waals surface area contributed by atoms with Gasteiger partial charge in [-0.15, -0.1) is 0 Å². The van der Waals surface area contributed by atoms with E-state index in [2.05, 4.69) is 17.2 Å². The van der Waals surface area contributed by atoms with Crippen molar-refractivity contribution < 1.29 is 19.4 Å². The number of hydrogen-bond donors (Lipinski definition) is 2. The summed E-state index contributed by atoms with van der Waals surface area (Å²) >= 11 is 0. The van der Waals surface area contributed by atoms with Crippen LogP contribution in [0.1, 0.15) is 34.8 Å². The number of Topliss-reactive ketones (excluding diaryl/α,β-unsaturated/α-hetero) is 1. The van der Waals surface area contributed by atoms with Crippen molar-refractivity contribution in [2.24, 2.45) is 0 Å². The van der Waals surface area contributed by atoms with E-state index in [4.69, 9.17) is 4.74 Å². The van der Waals surface area contributed by atoms with Gasteiger partial charge in [0.05, 0.1) is 5.56 Å². The number of alkyl carbamates (subject to hydrolysis) is 1. The molecule has 5 heteroatoms. The first kappa shape index (κ1) is 18.1. The SMILES string of the molecule is CC(=O)c1ccc(C#CCCNC(=O)OCc2ccccc2)cc1O. The fourth-order valence-corrected chi connectivity index (χ4v) is 2.07. The molecule has 25 heavy (non-hydrogen) atoms. The van der Waals surface area contributed by atoms with Gasteiger partial charge < -0.3 is 15.2 Å². The predicted octanol–water partition coefficient (Wildman–Crippen LogP) is 3.26. The number of nitrogens with one attached hydrogen (secondary N) is 1. The third-order valence-electron chi connectivity index (χ3n) is 3.34. The van der Waals surface area contributed by atoms with E-state index in [1.54, 1.807) is 12.1 Å². The minimum absolute atomic E-state index is 0.0816. The van der Waals surface area contributed by atoms with E-state index in [0.717, 1.165) is 5.56 Å². The summed E-state index contributed by atoms with van der Waals surface area (Å²) in [6, 6.07) is 14.1. The molecule has 2 aromatic carbocycles. The van der Waals surface area contributed by atoms with Crippen molar-refractivity contribution in [2.75, 3.05) is 6.54 Å². The number of phenols is 1. The molecule has 0 fully saturated rings. The summed E-state index contributed by atoms with van der Waals surface area (Å²) in [4.78, 5) is 22.8. The summed E-state index contributed by atoms with van der Waals surface area (Å²) in [6.07, 6.45) is -0.0514. The number of amides is 1. The maximum absolute atomic E-state index is 11.5. The first-order valence-electron chi connectivity index (χ1n) is 7.83. The summed E-state index contributed by atoms with van der Waals surface area (Å²) in [5.74, 6) is 5.48. The molecule has 0 unspecified atom stereocenters. The summed E-state index contributed by atoms with van der Waals surface area (Å²) in [7, 11) is 0. The highest BCUT2D eigenvalue weighted by molar-refractivity contribution is 5.96. The van der Waals surface area contributed by atoms with Crippen LogP contribution in [0.2, 0.25) is 0 Å². The van der Waals surface area contributed by atoms with Crippen molar-refractivity contribution in [3.8, 4) is 17.6 Å². The molecule has 0 atom stereocenters. The number of benzene rings is 2. The van der Waals surface area contributed by atoms with Gasteiger partial charge in [0.15, 0.2) is 5.78 Å². The molecule has 0 saturated carbocycles. The summed E-state index contributed by atoms with van der Waals surface area (Å²) < 4.78 is 5.08. The molecule has 1 amide bonds. The molecule has 0 radical (unpaired) electrons. The van der Waals surface area contributed by atoms with Crippen LogP contribution >= 0.6 is 0 Å². The standard InChI is InChI=1S/C20H19NO4/c1-15(22)18-11-10-16(13-19(18)23)7-5-6-12-21-20(24)25-14-17-8-3-2-4-9-17/h2-4,8-11,13,23H,6,12,14H2,1H3,(H,21,24). The van der Waals surface area contributed by atoms with Gasteiger partial charge in [-0.05, 0) is 30.7 Å². The van der Waals surface area contributed by atoms with Gasteiger partial charge in [-0.25, -0.2) is 4.79 Å². The number of phenolic OH excluding ortho intramolecular Hbond substituents is 1. The normalized spacial score (nSPS) is 9.64. The summed E-state index contributed by atoms with van der Waals surface area (Å²) in [5, 5.41) is 12.3. The van der Waals surface area contributed by atoms with Gasteiger partial charge in [-0.2, -0.15) is 0 Å². The van der Waals surface area contributed by atoms with Crippen LogP contribution in [0, 0.1) is 11.8 Å². The zero-order valence-electron chi connectivity index (χ0n) is 13.9. The highest BCUT2D eigenvalue weighted by Crippen LogP contribution is 2.18. The topological polar surface area (TPSA) is 75.6 Å². The smallest absolute Gasteiger partial charge is 0.407 e. The van der Waals surface area contributed by atoms with Crippen molar-refractivity contribution in [1.82, 2.24) is 5.32 Å². The van der Waals surface area contributed by atoms with Crippen molar-refractivity contribution in [3.05, 3.63) is 65.2 Å². The molecular weight excluding hydrogens is 318 g/mol. The summed E-state index contributed by atoms with van der Waals surface area (Å²) in [5.41, 5.74) is 1.80. The Labute approximate surface area is 146 Å². The zero-order chi connectivity index (χ0) is 18.1. The lowest BCUT2D eigenvalue weighted by Crippen LogP contribution is -2.24. The predicted molar refractivity (Wildman–Crippen MR) is 94.2 cm³/mol. The molecule has 128 valence electrons. The van der Waals surface area contributed by atoms with E-state index in [0.29, 0.717) is 18.5 Å². The fourth-order valence-electron chi connectivity index (χ4n) is 2.07. The van der Waals surface area contributed by atoms with E-state index in [9.17, 15) is 14.7 Å². The molecule has 0 aliphatic rings. The van der Waals surface area contributed by atoms with Crippen LogP contribution in [-0.2, 0) is 11.3 Å². The second kappa shape index (κ2) is 9.14. The van der Waals surface area contributed by atoms with E-state index >= 15 is 0 Å². The van der Waals surface area contributed by atoms with Gasteiger partial charge >= 0.3 is 6.09 Å². The van der Waals surface area contributed by atoms with Crippen LogP contribution in [-0.4, -0.2) is 23.5 Å². The Kier molecular flexibility index (Phi) is 6.61. The Morgan fingerprint density at radius 1 is 1.16 bits per heavy atom. The third-order valence-corrected chi connectivity index (χ3v) is 3.34. The van der Waals surface area contributed by atoms with Gasteiger partial charge in [0.1, 0.15) is 12.4 Å². The number of rotatable bonds is 5. The van der Waals surface area contributed by atoms with E-state index < -0.39 is 6.09 Å². The van der Waals surface area contributed by atoms with Crippen molar-refractivity contribution in [3.63, 3.8) is 0 Å². The average molecular weight is 337 g/mol. The van der Waals surface area contributed by atoms with Gasteiger partial charge in [0.25, 0.3) is 0 Å². The Morgan fingerprint density at radius 2 is 1.92 bits per heavy atom. The molecule has 2 aromatic rings. The monoisotopic (exact) mass is 337 g/mol. The van der Waals surface area contributed by atoms with E-state index in [-0.39, 0.29) is 23.7 Å². The second-order valence-corrected chi connectivity index (χ2v) is 5.33. The highest BCUT2D eigenvalue weighted by Gasteiger charge is 2.05. The summed E-state index contributed by atoms with van der Waals surface area (Å²) in [6.45, 7) is 1.97. The third kappa shape index (κ3) is 6.04. The molecule has 0 saturated heterocycles. The Morgan fingerprint density at radius 3 is 2.60 bits per heavy atom. The maximum atomic E-state index is 11.5. The van der Waals surface area contributed by atoms with Crippen molar-refractivity contribution >= 4 is 11.9 Å². The van der Waals surface area contributed by atoms with Crippen LogP contribution in [0.15, 0.2) is 48.5 Å². The molecule has 2 rings (SSSR count). The first-order chi connectivity index (χ1) is 12.1. The second-order valence-electron chi connectivity index (χ2n) is 5.33. The minimum Gasteiger partial charge on any atom is -0.507 e. The van der Waals surface area contributed by atoms with Crippen LogP contribution < -0.4 is 5.32 Å². The number of carbonyl (C=O) groups is 2. The van der Waals surface area contributed by atoms with Crippen molar-refractivity contribution in [2.45, 2.75) is 20.0 Å². The molecule has 0 spiro atoms. The van der Waals surface area contributed by atoms with Gasteiger partial charge in [-0.1, -0.05) is 42.2 Å². The van der Waals surface area contributed by atoms with Crippen molar-refractivity contribution in [1.29, 1.82) is 0 Å².